The van der Waals surface area contributed by atoms with Crippen LogP contribution in [0.25, 0.3) is 0 Å². The number of nitrogens with zero attached hydrogens (tertiary/aromatic N) is 1. The zero-order valence-corrected chi connectivity index (χ0v) is 14.4. The Morgan fingerprint density at radius 3 is 2.70 bits per heavy atom. The van der Waals surface area contributed by atoms with Crippen molar-refractivity contribution >= 4 is 22.4 Å². The van der Waals surface area contributed by atoms with Crippen molar-refractivity contribution in [2.24, 2.45) is 5.92 Å². The Kier molecular flexibility index (Phi) is 5.59. The van der Waals surface area contributed by atoms with E-state index < -0.39 is 11.7 Å². The van der Waals surface area contributed by atoms with E-state index in [-0.39, 0.29) is 16.0 Å². The number of rotatable bonds is 7. The highest BCUT2D eigenvalue weighted by atomic mass is 32.1. The van der Waals surface area contributed by atoms with Crippen LogP contribution in [0.3, 0.4) is 0 Å². The van der Waals surface area contributed by atoms with Gasteiger partial charge in [-0.1, -0.05) is 11.3 Å². The molecule has 1 aliphatic carbocycles. The van der Waals surface area contributed by atoms with Crippen molar-refractivity contribution < 1.29 is 14.5 Å². The fraction of sp³-hybridized carbons (Fsp3) is 0.667. The third kappa shape index (κ3) is 6.15. The van der Waals surface area contributed by atoms with Gasteiger partial charge in [-0.2, -0.15) is 0 Å². The van der Waals surface area contributed by atoms with Crippen LogP contribution in [0.15, 0.2) is 12.1 Å². The van der Waals surface area contributed by atoms with Gasteiger partial charge in [0, 0.05) is 30.1 Å². The Hall–Kier alpha value is -1.67. The van der Waals surface area contributed by atoms with Crippen molar-refractivity contribution in [1.82, 2.24) is 10.6 Å². The van der Waals surface area contributed by atoms with E-state index in [0.717, 1.165) is 29.1 Å². The summed E-state index contributed by atoms with van der Waals surface area (Å²) >= 11 is 1.16. The molecule has 128 valence electrons. The Labute approximate surface area is 139 Å². The van der Waals surface area contributed by atoms with Gasteiger partial charge in [0.1, 0.15) is 5.60 Å². The molecule has 23 heavy (non-hydrogen) atoms. The molecule has 0 radical (unpaired) electrons. The lowest BCUT2D eigenvalue weighted by Crippen LogP contribution is -2.45. The van der Waals surface area contributed by atoms with Crippen LogP contribution in [0.1, 0.15) is 38.5 Å². The average Bonchev–Trinajstić information content (AvgIpc) is 3.14. The number of carbonyl (C=O) groups excluding carboxylic acids is 1. The van der Waals surface area contributed by atoms with Gasteiger partial charge in [-0.3, -0.25) is 10.1 Å². The third-order valence-electron chi connectivity index (χ3n) is 3.38. The third-order valence-corrected chi connectivity index (χ3v) is 4.42. The zero-order chi connectivity index (χ0) is 17.0. The van der Waals surface area contributed by atoms with Gasteiger partial charge in [0.15, 0.2) is 0 Å². The number of nitro groups is 1. The Morgan fingerprint density at radius 2 is 2.17 bits per heavy atom. The average molecular weight is 341 g/mol. The number of nitrogens with one attached hydrogen (secondary N) is 2. The number of hydrogen-bond donors (Lipinski definition) is 2. The quantitative estimate of drug-likeness (QED) is 0.587. The minimum absolute atomic E-state index is 0.0276. The molecule has 1 amide bonds. The summed E-state index contributed by atoms with van der Waals surface area (Å²) < 4.78 is 5.29. The largest absolute Gasteiger partial charge is 0.444 e. The first-order valence-electron chi connectivity index (χ1n) is 7.68. The normalized spacial score (nSPS) is 16.0. The number of hydrogen-bond acceptors (Lipinski definition) is 6. The van der Waals surface area contributed by atoms with Gasteiger partial charge < -0.3 is 15.4 Å². The van der Waals surface area contributed by atoms with E-state index in [4.69, 9.17) is 4.74 Å². The first-order valence-corrected chi connectivity index (χ1v) is 8.49. The molecule has 0 aromatic carbocycles. The molecule has 1 saturated carbocycles. The van der Waals surface area contributed by atoms with Crippen molar-refractivity contribution in [3.63, 3.8) is 0 Å². The predicted octanol–water partition coefficient (Wildman–Crippen LogP) is 3.05. The second kappa shape index (κ2) is 7.27. The lowest BCUT2D eigenvalue weighted by atomic mass is 10.2. The molecule has 1 aromatic rings. The highest BCUT2D eigenvalue weighted by molar-refractivity contribution is 7.15. The highest BCUT2D eigenvalue weighted by Crippen LogP contribution is 2.32. The molecule has 0 bridgehead atoms. The molecule has 1 aliphatic rings. The van der Waals surface area contributed by atoms with E-state index in [1.807, 2.05) is 20.8 Å². The molecule has 1 unspecified atom stereocenters. The second-order valence-corrected chi connectivity index (χ2v) is 7.86. The van der Waals surface area contributed by atoms with E-state index in [9.17, 15) is 14.9 Å². The SMILES string of the molecule is CC(C)(C)OC(=O)NC(CNCc1ccc([N+](=O)[O-])s1)C1CC1. The van der Waals surface area contributed by atoms with Gasteiger partial charge in [-0.05, 0) is 45.6 Å². The maximum absolute atomic E-state index is 11.9. The lowest BCUT2D eigenvalue weighted by Gasteiger charge is -2.23. The summed E-state index contributed by atoms with van der Waals surface area (Å²) in [6, 6.07) is 3.29. The van der Waals surface area contributed by atoms with E-state index in [0.29, 0.717) is 19.0 Å². The molecule has 0 saturated heterocycles. The Balaban J connectivity index is 1.78. The molecule has 0 spiro atoms. The van der Waals surface area contributed by atoms with Crippen molar-refractivity contribution in [3.8, 4) is 0 Å². The van der Waals surface area contributed by atoms with Crippen LogP contribution in [0.5, 0.6) is 0 Å². The monoisotopic (exact) mass is 341 g/mol. The molecular weight excluding hydrogens is 318 g/mol. The standard InChI is InChI=1S/C15H23N3O4S/c1-15(2,3)22-14(19)17-12(10-4-5-10)9-16-8-11-6-7-13(23-11)18(20)21/h6-7,10,12,16H,4-5,8-9H2,1-3H3,(H,17,19). The van der Waals surface area contributed by atoms with Gasteiger partial charge in [-0.25, -0.2) is 4.79 Å². The van der Waals surface area contributed by atoms with E-state index >= 15 is 0 Å². The van der Waals surface area contributed by atoms with Crippen LogP contribution >= 0.6 is 11.3 Å². The maximum atomic E-state index is 11.9. The van der Waals surface area contributed by atoms with Crippen molar-refractivity contribution in [2.45, 2.75) is 51.8 Å². The summed E-state index contributed by atoms with van der Waals surface area (Å²) in [5, 5.41) is 17.0. The number of thiophene rings is 1. The van der Waals surface area contributed by atoms with Gasteiger partial charge in [-0.15, -0.1) is 0 Å². The summed E-state index contributed by atoms with van der Waals surface area (Å²) in [7, 11) is 0. The number of alkyl carbamates (subject to hydrolysis) is 1. The van der Waals surface area contributed by atoms with Crippen molar-refractivity contribution in [2.75, 3.05) is 6.54 Å². The fourth-order valence-corrected chi connectivity index (χ4v) is 2.99. The number of amides is 1. The first kappa shape index (κ1) is 17.7. The smallest absolute Gasteiger partial charge is 0.407 e. The summed E-state index contributed by atoms with van der Waals surface area (Å²) in [6.45, 7) is 6.68. The van der Waals surface area contributed by atoms with E-state index in [2.05, 4.69) is 10.6 Å². The van der Waals surface area contributed by atoms with Gasteiger partial charge in [0.2, 0.25) is 0 Å². The van der Waals surface area contributed by atoms with Crippen LogP contribution in [0.2, 0.25) is 0 Å². The minimum atomic E-state index is -0.512. The number of ether oxygens (including phenoxy) is 1. The summed E-state index contributed by atoms with van der Waals surface area (Å²) in [5.41, 5.74) is -0.512. The van der Waals surface area contributed by atoms with Crippen LogP contribution in [-0.4, -0.2) is 29.2 Å². The number of carbonyl (C=O) groups is 1. The Morgan fingerprint density at radius 1 is 1.48 bits per heavy atom. The van der Waals surface area contributed by atoms with E-state index in [1.54, 1.807) is 6.07 Å². The lowest BCUT2D eigenvalue weighted by molar-refractivity contribution is -0.380. The molecular formula is C15H23N3O4S. The molecule has 8 heteroatoms. The van der Waals surface area contributed by atoms with Gasteiger partial charge in [0.05, 0.1) is 4.92 Å². The molecule has 1 heterocycles. The highest BCUT2D eigenvalue weighted by Gasteiger charge is 2.33. The van der Waals surface area contributed by atoms with Crippen LogP contribution in [0.4, 0.5) is 9.80 Å². The Bertz CT molecular complexity index is 563. The first-order chi connectivity index (χ1) is 10.7. The molecule has 1 atom stereocenters. The molecule has 7 nitrogen and oxygen atoms in total. The maximum Gasteiger partial charge on any atom is 0.407 e. The molecule has 1 aromatic heterocycles. The van der Waals surface area contributed by atoms with Gasteiger partial charge in [0.25, 0.3) is 0 Å². The molecule has 2 rings (SSSR count). The van der Waals surface area contributed by atoms with Crippen molar-refractivity contribution in [1.29, 1.82) is 0 Å². The fourth-order valence-electron chi connectivity index (χ4n) is 2.20. The predicted molar refractivity (Wildman–Crippen MR) is 88.6 cm³/mol. The van der Waals surface area contributed by atoms with Crippen molar-refractivity contribution in [3.05, 3.63) is 27.1 Å². The summed E-state index contributed by atoms with van der Waals surface area (Å²) in [5.74, 6) is 0.479. The van der Waals surface area contributed by atoms with Crippen LogP contribution in [0, 0.1) is 16.0 Å². The summed E-state index contributed by atoms with van der Waals surface area (Å²) in [6.07, 6.45) is 1.81. The van der Waals surface area contributed by atoms with Gasteiger partial charge >= 0.3 is 11.1 Å². The molecule has 1 fully saturated rings. The minimum Gasteiger partial charge on any atom is -0.444 e. The van der Waals surface area contributed by atoms with E-state index in [1.165, 1.54) is 6.07 Å². The molecule has 0 aliphatic heterocycles. The van der Waals surface area contributed by atoms with Crippen LogP contribution < -0.4 is 10.6 Å². The zero-order valence-electron chi connectivity index (χ0n) is 13.6. The summed E-state index contributed by atoms with van der Waals surface area (Å²) in [4.78, 5) is 23.1. The second-order valence-electron chi connectivity index (χ2n) is 6.72. The topological polar surface area (TPSA) is 93.5 Å². The molecule has 2 N–H and O–H groups in total. The van der Waals surface area contributed by atoms with Crippen LogP contribution in [-0.2, 0) is 11.3 Å².